The molecule has 1 aliphatic heterocycles. The zero-order valence-electron chi connectivity index (χ0n) is 13.3. The minimum Gasteiger partial charge on any atom is -0.465 e. The Balaban J connectivity index is 1.78. The Hall–Kier alpha value is -0.610. The van der Waals surface area contributed by atoms with Crippen LogP contribution >= 0.6 is 0 Å². The van der Waals surface area contributed by atoms with Gasteiger partial charge in [0.05, 0.1) is 6.61 Å². The number of rotatable bonds is 8. The second-order valence-electron chi connectivity index (χ2n) is 6.77. The summed E-state index contributed by atoms with van der Waals surface area (Å²) in [6.07, 6.45) is 5.63. The first-order valence-corrected chi connectivity index (χ1v) is 8.21. The van der Waals surface area contributed by atoms with Crippen LogP contribution in [0.15, 0.2) is 0 Å². The van der Waals surface area contributed by atoms with Crippen LogP contribution in [0.3, 0.4) is 0 Å². The molecule has 1 saturated carbocycles. The summed E-state index contributed by atoms with van der Waals surface area (Å²) in [7, 11) is 0. The minimum absolute atomic E-state index is 0.0818. The van der Waals surface area contributed by atoms with Crippen molar-refractivity contribution in [3.63, 3.8) is 0 Å². The molecule has 0 aromatic carbocycles. The van der Waals surface area contributed by atoms with Crippen LogP contribution in [-0.2, 0) is 9.53 Å². The van der Waals surface area contributed by atoms with Crippen molar-refractivity contribution < 1.29 is 9.53 Å². The maximum atomic E-state index is 12.2. The molecule has 0 radical (unpaired) electrons. The van der Waals surface area contributed by atoms with E-state index in [1.807, 2.05) is 13.8 Å². The van der Waals surface area contributed by atoms with Crippen LogP contribution in [0.5, 0.6) is 0 Å². The SMILES string of the molecule is CCOC(=O)C(C)(CCCN1CCC(C)C1)NC1CC1. The molecule has 4 heteroatoms. The first-order chi connectivity index (χ1) is 9.53. The Morgan fingerprint density at radius 1 is 1.40 bits per heavy atom. The van der Waals surface area contributed by atoms with Gasteiger partial charge in [-0.05, 0) is 65.0 Å². The molecule has 0 bridgehead atoms. The summed E-state index contributed by atoms with van der Waals surface area (Å²) in [6.45, 7) is 10.2. The van der Waals surface area contributed by atoms with E-state index in [1.165, 1.54) is 32.4 Å². The number of carbonyl (C=O) groups is 1. The van der Waals surface area contributed by atoms with Crippen LogP contribution in [0.4, 0.5) is 0 Å². The van der Waals surface area contributed by atoms with Gasteiger partial charge in [0.2, 0.25) is 0 Å². The molecule has 0 aromatic heterocycles. The Bertz CT molecular complexity index is 330. The Labute approximate surface area is 123 Å². The molecule has 2 aliphatic rings. The fourth-order valence-corrected chi connectivity index (χ4v) is 3.09. The summed E-state index contributed by atoms with van der Waals surface area (Å²) in [5.74, 6) is 0.748. The van der Waals surface area contributed by atoms with Gasteiger partial charge in [-0.25, -0.2) is 0 Å². The van der Waals surface area contributed by atoms with Crippen LogP contribution in [0, 0.1) is 5.92 Å². The Kier molecular flexibility index (Phi) is 5.44. The molecule has 2 atom stereocenters. The third-order valence-corrected chi connectivity index (χ3v) is 4.49. The van der Waals surface area contributed by atoms with E-state index in [2.05, 4.69) is 17.1 Å². The molecule has 116 valence electrons. The van der Waals surface area contributed by atoms with Gasteiger partial charge in [-0.1, -0.05) is 6.92 Å². The zero-order valence-corrected chi connectivity index (χ0v) is 13.3. The molecular formula is C16H30N2O2. The number of nitrogens with one attached hydrogen (secondary N) is 1. The van der Waals surface area contributed by atoms with E-state index in [0.29, 0.717) is 12.6 Å². The van der Waals surface area contributed by atoms with E-state index < -0.39 is 5.54 Å². The summed E-state index contributed by atoms with van der Waals surface area (Å²) >= 11 is 0. The average Bonchev–Trinajstić information content (AvgIpc) is 3.10. The number of carbonyl (C=O) groups excluding carboxylic acids is 1. The van der Waals surface area contributed by atoms with Gasteiger partial charge < -0.3 is 9.64 Å². The first kappa shape index (κ1) is 15.8. The maximum absolute atomic E-state index is 12.2. The van der Waals surface area contributed by atoms with E-state index in [9.17, 15) is 4.79 Å². The second-order valence-corrected chi connectivity index (χ2v) is 6.77. The van der Waals surface area contributed by atoms with E-state index in [1.54, 1.807) is 0 Å². The maximum Gasteiger partial charge on any atom is 0.326 e. The standard InChI is InChI=1S/C16H30N2O2/c1-4-20-15(19)16(3,17-14-6-7-14)9-5-10-18-11-8-13(2)12-18/h13-14,17H,4-12H2,1-3H3. The van der Waals surface area contributed by atoms with Crippen LogP contribution in [-0.4, -0.2) is 48.7 Å². The van der Waals surface area contributed by atoms with Gasteiger partial charge in [0.1, 0.15) is 5.54 Å². The second kappa shape index (κ2) is 6.90. The van der Waals surface area contributed by atoms with Crippen molar-refractivity contribution in [1.82, 2.24) is 10.2 Å². The van der Waals surface area contributed by atoms with Crippen molar-refractivity contribution in [2.75, 3.05) is 26.2 Å². The fourth-order valence-electron chi connectivity index (χ4n) is 3.09. The highest BCUT2D eigenvalue weighted by atomic mass is 16.5. The largest absolute Gasteiger partial charge is 0.465 e. The fraction of sp³-hybridized carbons (Fsp3) is 0.938. The monoisotopic (exact) mass is 282 g/mol. The predicted octanol–water partition coefficient (Wildman–Crippen LogP) is 2.18. The molecule has 1 saturated heterocycles. The van der Waals surface area contributed by atoms with Gasteiger partial charge in [0.15, 0.2) is 0 Å². The Morgan fingerprint density at radius 2 is 2.15 bits per heavy atom. The van der Waals surface area contributed by atoms with Crippen LogP contribution in [0.1, 0.15) is 52.9 Å². The topological polar surface area (TPSA) is 41.6 Å². The van der Waals surface area contributed by atoms with Crippen molar-refractivity contribution in [1.29, 1.82) is 0 Å². The predicted molar refractivity (Wildman–Crippen MR) is 80.7 cm³/mol. The number of likely N-dealkylation sites (tertiary alicyclic amines) is 1. The molecule has 0 spiro atoms. The third kappa shape index (κ3) is 4.45. The number of hydrogen-bond acceptors (Lipinski definition) is 4. The summed E-state index contributed by atoms with van der Waals surface area (Å²) in [6, 6.07) is 0.524. The highest BCUT2D eigenvalue weighted by molar-refractivity contribution is 5.80. The number of esters is 1. The van der Waals surface area contributed by atoms with Crippen molar-refractivity contribution in [2.24, 2.45) is 5.92 Å². The van der Waals surface area contributed by atoms with Gasteiger partial charge in [-0.15, -0.1) is 0 Å². The van der Waals surface area contributed by atoms with Crippen molar-refractivity contribution >= 4 is 5.97 Å². The van der Waals surface area contributed by atoms with Crippen molar-refractivity contribution in [3.8, 4) is 0 Å². The lowest BCUT2D eigenvalue weighted by Gasteiger charge is -2.29. The van der Waals surface area contributed by atoms with Gasteiger partial charge in [-0.2, -0.15) is 0 Å². The molecule has 20 heavy (non-hydrogen) atoms. The molecule has 2 rings (SSSR count). The summed E-state index contributed by atoms with van der Waals surface area (Å²) in [5.41, 5.74) is -0.498. The molecule has 1 N–H and O–H groups in total. The van der Waals surface area contributed by atoms with Crippen LogP contribution < -0.4 is 5.32 Å². The van der Waals surface area contributed by atoms with Gasteiger partial charge in [0, 0.05) is 12.6 Å². The normalized spacial score (nSPS) is 26.4. The molecule has 4 nitrogen and oxygen atoms in total. The van der Waals surface area contributed by atoms with Crippen molar-refractivity contribution in [3.05, 3.63) is 0 Å². The molecule has 1 heterocycles. The quantitative estimate of drug-likeness (QED) is 0.693. The van der Waals surface area contributed by atoms with Gasteiger partial charge >= 0.3 is 5.97 Å². The zero-order chi connectivity index (χ0) is 14.6. The minimum atomic E-state index is -0.498. The lowest BCUT2D eigenvalue weighted by atomic mass is 9.95. The number of hydrogen-bond donors (Lipinski definition) is 1. The highest BCUT2D eigenvalue weighted by Gasteiger charge is 2.39. The summed E-state index contributed by atoms with van der Waals surface area (Å²) in [4.78, 5) is 14.7. The van der Waals surface area contributed by atoms with E-state index >= 15 is 0 Å². The first-order valence-electron chi connectivity index (χ1n) is 8.21. The Morgan fingerprint density at radius 3 is 2.70 bits per heavy atom. The molecule has 0 amide bonds. The summed E-state index contributed by atoms with van der Waals surface area (Å²) in [5, 5.41) is 3.49. The van der Waals surface area contributed by atoms with Crippen LogP contribution in [0.2, 0.25) is 0 Å². The van der Waals surface area contributed by atoms with E-state index in [0.717, 1.165) is 25.3 Å². The summed E-state index contributed by atoms with van der Waals surface area (Å²) < 4.78 is 5.26. The smallest absolute Gasteiger partial charge is 0.326 e. The molecule has 2 unspecified atom stereocenters. The molecule has 2 fully saturated rings. The number of ether oxygens (including phenoxy) is 1. The number of nitrogens with zero attached hydrogens (tertiary/aromatic N) is 1. The molecule has 0 aromatic rings. The molecular weight excluding hydrogens is 252 g/mol. The molecule has 1 aliphatic carbocycles. The lowest BCUT2D eigenvalue weighted by molar-refractivity contribution is -0.151. The van der Waals surface area contributed by atoms with Crippen LogP contribution in [0.25, 0.3) is 0 Å². The van der Waals surface area contributed by atoms with Gasteiger partial charge in [0.25, 0.3) is 0 Å². The average molecular weight is 282 g/mol. The van der Waals surface area contributed by atoms with E-state index in [-0.39, 0.29) is 5.97 Å². The third-order valence-electron chi connectivity index (χ3n) is 4.49. The highest BCUT2D eigenvalue weighted by Crippen LogP contribution is 2.26. The van der Waals surface area contributed by atoms with E-state index in [4.69, 9.17) is 4.74 Å². The van der Waals surface area contributed by atoms with Gasteiger partial charge in [-0.3, -0.25) is 10.1 Å². The lowest BCUT2D eigenvalue weighted by Crippen LogP contribution is -2.51. The van der Waals surface area contributed by atoms with Crippen molar-refractivity contribution in [2.45, 2.75) is 64.5 Å².